The van der Waals surface area contributed by atoms with Crippen molar-refractivity contribution >= 4 is 21.8 Å². The molecule has 6 nitrogen and oxygen atoms in total. The van der Waals surface area contributed by atoms with Gasteiger partial charge in [-0.1, -0.05) is 77.0 Å². The third-order valence-corrected chi connectivity index (χ3v) is 8.01. The molecule has 0 fully saturated rings. The highest BCUT2D eigenvalue weighted by Gasteiger charge is 2.24. The highest BCUT2D eigenvalue weighted by Crippen LogP contribution is 2.28. The largest absolute Gasteiger partial charge is 0.273 e. The molecule has 1 atom stereocenters. The van der Waals surface area contributed by atoms with Crippen LogP contribution in [0.15, 0.2) is 82.8 Å². The predicted octanol–water partition coefficient (Wildman–Crippen LogP) is 5.52. The predicted molar refractivity (Wildman–Crippen MR) is 137 cm³/mol. The maximum atomic E-state index is 13.0. The second kappa shape index (κ2) is 10.1. The van der Waals surface area contributed by atoms with Gasteiger partial charge in [0.2, 0.25) is 10.0 Å². The van der Waals surface area contributed by atoms with Gasteiger partial charge in [-0.3, -0.25) is 4.57 Å². The number of nitrogens with one attached hydrogen (secondary N) is 1. The normalized spacial score (nSPS) is 12.6. The molecule has 0 radical (unpaired) electrons. The van der Waals surface area contributed by atoms with E-state index in [0.29, 0.717) is 11.0 Å². The van der Waals surface area contributed by atoms with E-state index >= 15 is 0 Å². The topological polar surface area (TPSA) is 76.9 Å². The first-order chi connectivity index (χ1) is 16.2. The average molecular weight is 493 g/mol. The van der Waals surface area contributed by atoms with Crippen molar-refractivity contribution in [3.8, 4) is 5.69 Å². The minimum atomic E-state index is -3.72. The summed E-state index contributed by atoms with van der Waals surface area (Å²) in [5, 5.41) is 9.54. The van der Waals surface area contributed by atoms with Crippen LogP contribution < -0.4 is 4.72 Å². The molecule has 0 spiro atoms. The zero-order valence-electron chi connectivity index (χ0n) is 19.7. The van der Waals surface area contributed by atoms with Gasteiger partial charge in [-0.05, 0) is 57.5 Å². The zero-order valence-corrected chi connectivity index (χ0v) is 21.3. The maximum absolute atomic E-state index is 13.0. The van der Waals surface area contributed by atoms with Crippen molar-refractivity contribution in [2.45, 2.75) is 49.5 Å². The first-order valence-electron chi connectivity index (χ1n) is 11.0. The van der Waals surface area contributed by atoms with E-state index in [-0.39, 0.29) is 4.90 Å². The first-order valence-corrected chi connectivity index (χ1v) is 13.5. The molecule has 34 heavy (non-hydrogen) atoms. The fourth-order valence-corrected chi connectivity index (χ4v) is 5.72. The molecule has 8 heteroatoms. The lowest BCUT2D eigenvalue weighted by atomic mass is 10.2. The van der Waals surface area contributed by atoms with Crippen LogP contribution in [-0.2, 0) is 15.8 Å². The van der Waals surface area contributed by atoms with E-state index in [1.807, 2.05) is 48.7 Å². The number of sulfonamides is 1. The van der Waals surface area contributed by atoms with Gasteiger partial charge in [-0.15, -0.1) is 10.2 Å². The molecule has 0 saturated heterocycles. The molecule has 0 aliphatic rings. The van der Waals surface area contributed by atoms with Crippen LogP contribution in [0.3, 0.4) is 0 Å². The molecule has 3 aromatic carbocycles. The molecule has 176 valence electrons. The standard InChI is InChI=1S/C26H28N4O2S2/c1-18-8-12-23(13-9-18)30-25(21(4)29-34(31,32)24-14-10-19(2)11-15-24)27-28-26(30)33-17-22-7-5-6-20(3)16-22/h5-16,21,29H,17H2,1-4H3. The SMILES string of the molecule is Cc1ccc(-n2c(SCc3cccc(C)c3)nnc2C(C)NS(=O)(=O)c2ccc(C)cc2)cc1. The number of benzene rings is 3. The van der Waals surface area contributed by atoms with Crippen molar-refractivity contribution in [2.75, 3.05) is 0 Å². The van der Waals surface area contributed by atoms with E-state index < -0.39 is 16.1 Å². The molecule has 4 rings (SSSR count). The lowest BCUT2D eigenvalue weighted by Crippen LogP contribution is -2.28. The van der Waals surface area contributed by atoms with E-state index in [9.17, 15) is 8.42 Å². The number of thioether (sulfide) groups is 1. The summed E-state index contributed by atoms with van der Waals surface area (Å²) in [6, 6.07) is 22.6. The lowest BCUT2D eigenvalue weighted by molar-refractivity contribution is 0.556. The lowest BCUT2D eigenvalue weighted by Gasteiger charge is -2.17. The maximum Gasteiger partial charge on any atom is 0.241 e. The van der Waals surface area contributed by atoms with Gasteiger partial charge in [0.05, 0.1) is 10.9 Å². The van der Waals surface area contributed by atoms with Gasteiger partial charge in [0.15, 0.2) is 11.0 Å². The number of aromatic nitrogens is 3. The molecular weight excluding hydrogens is 464 g/mol. The number of rotatable bonds is 8. The molecule has 0 aliphatic carbocycles. The van der Waals surface area contributed by atoms with E-state index in [2.05, 4.69) is 40.0 Å². The summed E-state index contributed by atoms with van der Waals surface area (Å²) in [4.78, 5) is 0.223. The molecule has 1 heterocycles. The Hall–Kier alpha value is -2.94. The van der Waals surface area contributed by atoms with Crippen LogP contribution >= 0.6 is 11.8 Å². The van der Waals surface area contributed by atoms with Gasteiger partial charge in [-0.25, -0.2) is 13.1 Å². The van der Waals surface area contributed by atoms with Gasteiger partial charge in [0.1, 0.15) is 0 Å². The van der Waals surface area contributed by atoms with Crippen molar-refractivity contribution in [3.63, 3.8) is 0 Å². The number of aryl methyl sites for hydroxylation is 3. The molecule has 0 amide bonds. The van der Waals surface area contributed by atoms with Crippen LogP contribution in [0.4, 0.5) is 0 Å². The van der Waals surface area contributed by atoms with Crippen LogP contribution in [-0.4, -0.2) is 23.2 Å². The highest BCUT2D eigenvalue weighted by atomic mass is 32.2. The van der Waals surface area contributed by atoms with Crippen LogP contribution in [0.1, 0.15) is 41.0 Å². The van der Waals surface area contributed by atoms with Gasteiger partial charge in [-0.2, -0.15) is 0 Å². The van der Waals surface area contributed by atoms with Crippen molar-refractivity contribution < 1.29 is 8.42 Å². The fourth-order valence-electron chi connectivity index (χ4n) is 3.61. The summed E-state index contributed by atoms with van der Waals surface area (Å²) in [5.74, 6) is 1.26. The van der Waals surface area contributed by atoms with Crippen LogP contribution in [0.2, 0.25) is 0 Å². The smallest absolute Gasteiger partial charge is 0.241 e. The Morgan fingerprint density at radius 2 is 1.53 bits per heavy atom. The Kier molecular flexibility index (Phi) is 7.21. The Balaban J connectivity index is 1.66. The molecular formula is C26H28N4O2S2. The van der Waals surface area contributed by atoms with Crippen molar-refractivity contribution in [3.05, 3.63) is 101 Å². The Morgan fingerprint density at radius 1 is 0.882 bits per heavy atom. The van der Waals surface area contributed by atoms with Crippen molar-refractivity contribution in [1.29, 1.82) is 0 Å². The minimum absolute atomic E-state index is 0.223. The first kappa shape index (κ1) is 24.2. The Labute approximate surface area is 205 Å². The highest BCUT2D eigenvalue weighted by molar-refractivity contribution is 7.98. The van der Waals surface area contributed by atoms with Crippen LogP contribution in [0.25, 0.3) is 5.69 Å². The summed E-state index contributed by atoms with van der Waals surface area (Å²) in [5.41, 5.74) is 5.43. The zero-order chi connectivity index (χ0) is 24.3. The monoisotopic (exact) mass is 492 g/mol. The van der Waals surface area contributed by atoms with E-state index in [1.54, 1.807) is 43.0 Å². The Bertz CT molecular complexity index is 1380. The summed E-state index contributed by atoms with van der Waals surface area (Å²) >= 11 is 1.57. The van der Waals surface area contributed by atoms with Crippen molar-refractivity contribution in [1.82, 2.24) is 19.5 Å². The quantitative estimate of drug-likeness (QED) is 0.328. The van der Waals surface area contributed by atoms with Gasteiger partial charge in [0, 0.05) is 11.4 Å². The van der Waals surface area contributed by atoms with E-state index in [0.717, 1.165) is 22.6 Å². The third-order valence-electron chi connectivity index (χ3n) is 5.45. The van der Waals surface area contributed by atoms with Crippen LogP contribution in [0.5, 0.6) is 0 Å². The number of nitrogens with zero attached hydrogens (tertiary/aromatic N) is 3. The fraction of sp³-hybridized carbons (Fsp3) is 0.231. The van der Waals surface area contributed by atoms with E-state index in [1.165, 1.54) is 11.1 Å². The number of hydrogen-bond acceptors (Lipinski definition) is 5. The van der Waals surface area contributed by atoms with Gasteiger partial charge >= 0.3 is 0 Å². The summed E-state index contributed by atoms with van der Waals surface area (Å²) in [6.45, 7) is 7.81. The molecule has 0 bridgehead atoms. The van der Waals surface area contributed by atoms with Crippen molar-refractivity contribution in [2.24, 2.45) is 0 Å². The minimum Gasteiger partial charge on any atom is -0.273 e. The molecule has 0 aliphatic heterocycles. The molecule has 1 N–H and O–H groups in total. The van der Waals surface area contributed by atoms with Gasteiger partial charge < -0.3 is 0 Å². The van der Waals surface area contributed by atoms with E-state index in [4.69, 9.17) is 0 Å². The molecule has 4 aromatic rings. The summed E-state index contributed by atoms with van der Waals surface area (Å²) in [7, 11) is -3.72. The summed E-state index contributed by atoms with van der Waals surface area (Å²) < 4.78 is 30.7. The second-order valence-corrected chi connectivity index (χ2v) is 11.1. The molecule has 1 aromatic heterocycles. The van der Waals surface area contributed by atoms with Crippen LogP contribution in [0, 0.1) is 20.8 Å². The summed E-state index contributed by atoms with van der Waals surface area (Å²) in [6.07, 6.45) is 0. The average Bonchev–Trinajstić information content (AvgIpc) is 3.22. The molecule has 0 saturated carbocycles. The second-order valence-electron chi connectivity index (χ2n) is 8.45. The Morgan fingerprint density at radius 3 is 2.18 bits per heavy atom. The third kappa shape index (κ3) is 5.58. The van der Waals surface area contributed by atoms with Gasteiger partial charge in [0.25, 0.3) is 0 Å². The molecule has 1 unspecified atom stereocenters. The number of hydrogen-bond donors (Lipinski definition) is 1.